The maximum absolute atomic E-state index is 12.9. The van der Waals surface area contributed by atoms with Crippen molar-refractivity contribution in [2.75, 3.05) is 11.4 Å². The third-order valence-corrected chi connectivity index (χ3v) is 5.64. The first-order valence-corrected chi connectivity index (χ1v) is 9.72. The van der Waals surface area contributed by atoms with Crippen LogP contribution in [0.15, 0.2) is 53.5 Å². The van der Waals surface area contributed by atoms with Crippen molar-refractivity contribution < 1.29 is 9.18 Å². The van der Waals surface area contributed by atoms with Crippen molar-refractivity contribution in [3.05, 3.63) is 70.5 Å². The fourth-order valence-corrected chi connectivity index (χ4v) is 3.90. The zero-order valence-electron chi connectivity index (χ0n) is 15.5. The van der Waals surface area contributed by atoms with Gasteiger partial charge in [-0.2, -0.15) is 0 Å². The maximum atomic E-state index is 12.9. The molecule has 1 fully saturated rings. The highest BCUT2D eigenvalue weighted by Gasteiger charge is 2.32. The number of nitrogens with one attached hydrogen (secondary N) is 1. The Balaban J connectivity index is 1.37. The lowest BCUT2D eigenvalue weighted by molar-refractivity contribution is -0.117. The molecule has 0 radical (unpaired) electrons. The van der Waals surface area contributed by atoms with Gasteiger partial charge in [0.05, 0.1) is 6.04 Å². The normalized spacial score (nSPS) is 23.4. The second kappa shape index (κ2) is 7.76. The van der Waals surface area contributed by atoms with Gasteiger partial charge in [0.1, 0.15) is 11.9 Å². The number of carbonyl (C=O) groups is 1. The van der Waals surface area contributed by atoms with Gasteiger partial charge in [0.2, 0.25) is 5.91 Å². The molecule has 0 aliphatic carbocycles. The first-order valence-electron chi connectivity index (χ1n) is 9.35. The fraction of sp³-hybridized carbons (Fsp3) is 0.273. The van der Waals surface area contributed by atoms with Gasteiger partial charge < -0.3 is 10.2 Å². The second-order valence-corrected chi connectivity index (χ2v) is 7.58. The predicted octanol–water partition coefficient (Wildman–Crippen LogP) is 4.40. The van der Waals surface area contributed by atoms with Gasteiger partial charge in [-0.05, 0) is 49.2 Å². The SMILES string of the molecule is C[C@H]1[C@H](NC(=O)/C=C/c2ccc(F)cc2)CCN1c1ccc(C2C=N2)c(Cl)c1. The third kappa shape index (κ3) is 4.09. The molecule has 3 atom stereocenters. The van der Waals surface area contributed by atoms with Crippen LogP contribution in [0.2, 0.25) is 5.02 Å². The van der Waals surface area contributed by atoms with Crippen molar-refractivity contribution >= 4 is 35.5 Å². The van der Waals surface area contributed by atoms with E-state index in [4.69, 9.17) is 11.6 Å². The van der Waals surface area contributed by atoms with E-state index in [1.54, 1.807) is 18.2 Å². The number of aliphatic imine (C=N–C) groups is 1. The predicted molar refractivity (Wildman–Crippen MR) is 111 cm³/mol. The number of amides is 1. The summed E-state index contributed by atoms with van der Waals surface area (Å²) in [6, 6.07) is 12.4. The first-order chi connectivity index (χ1) is 13.5. The quantitative estimate of drug-likeness (QED) is 0.760. The van der Waals surface area contributed by atoms with Gasteiger partial charge in [-0.3, -0.25) is 9.79 Å². The summed E-state index contributed by atoms with van der Waals surface area (Å²) in [5, 5.41) is 3.79. The Hall–Kier alpha value is -2.66. The molecule has 144 valence electrons. The van der Waals surface area contributed by atoms with E-state index >= 15 is 0 Å². The molecular weight excluding hydrogens is 377 g/mol. The molecular formula is C22H21ClFN3O. The summed E-state index contributed by atoms with van der Waals surface area (Å²) in [5.74, 6) is -0.443. The average Bonchev–Trinajstić information content (AvgIpc) is 3.46. The molecule has 1 unspecified atom stereocenters. The van der Waals surface area contributed by atoms with Crippen LogP contribution >= 0.6 is 11.6 Å². The van der Waals surface area contributed by atoms with E-state index in [1.807, 2.05) is 18.3 Å². The van der Waals surface area contributed by atoms with Crippen molar-refractivity contribution in [1.82, 2.24) is 5.32 Å². The monoisotopic (exact) mass is 397 g/mol. The van der Waals surface area contributed by atoms with Crippen LogP contribution in [0.25, 0.3) is 6.08 Å². The number of anilines is 1. The highest BCUT2D eigenvalue weighted by molar-refractivity contribution is 6.32. The van der Waals surface area contributed by atoms with Crippen molar-refractivity contribution in [3.63, 3.8) is 0 Å². The Bertz CT molecular complexity index is 935. The van der Waals surface area contributed by atoms with Crippen LogP contribution < -0.4 is 10.2 Å². The van der Waals surface area contributed by atoms with Crippen LogP contribution in [0.1, 0.15) is 30.5 Å². The smallest absolute Gasteiger partial charge is 0.244 e. The molecule has 2 aliphatic rings. The molecule has 0 aromatic heterocycles. The molecule has 0 spiro atoms. The van der Waals surface area contributed by atoms with Gasteiger partial charge in [-0.15, -0.1) is 0 Å². The minimum atomic E-state index is -0.292. The van der Waals surface area contributed by atoms with Crippen molar-refractivity contribution in [2.24, 2.45) is 4.99 Å². The van der Waals surface area contributed by atoms with Crippen LogP contribution in [0.4, 0.5) is 10.1 Å². The second-order valence-electron chi connectivity index (χ2n) is 7.17. The van der Waals surface area contributed by atoms with Gasteiger partial charge in [0.15, 0.2) is 0 Å². The van der Waals surface area contributed by atoms with Crippen LogP contribution in [-0.4, -0.2) is 30.8 Å². The van der Waals surface area contributed by atoms with E-state index < -0.39 is 0 Å². The minimum absolute atomic E-state index is 0.0515. The Morgan fingerprint density at radius 2 is 2.04 bits per heavy atom. The van der Waals surface area contributed by atoms with Crippen LogP contribution in [0, 0.1) is 5.82 Å². The van der Waals surface area contributed by atoms with E-state index in [9.17, 15) is 9.18 Å². The largest absolute Gasteiger partial charge is 0.367 e. The van der Waals surface area contributed by atoms with Crippen LogP contribution in [0.3, 0.4) is 0 Å². The van der Waals surface area contributed by atoms with E-state index in [-0.39, 0.29) is 29.8 Å². The zero-order valence-corrected chi connectivity index (χ0v) is 16.2. The summed E-state index contributed by atoms with van der Waals surface area (Å²) >= 11 is 6.41. The zero-order chi connectivity index (χ0) is 19.7. The van der Waals surface area contributed by atoms with Gasteiger partial charge >= 0.3 is 0 Å². The molecule has 1 N–H and O–H groups in total. The Kier molecular flexibility index (Phi) is 5.18. The molecule has 4 nitrogen and oxygen atoms in total. The molecule has 2 aromatic rings. The Morgan fingerprint density at radius 1 is 1.29 bits per heavy atom. The maximum Gasteiger partial charge on any atom is 0.244 e. The summed E-state index contributed by atoms with van der Waals surface area (Å²) in [5.41, 5.74) is 2.88. The summed E-state index contributed by atoms with van der Waals surface area (Å²) in [4.78, 5) is 18.7. The number of hydrogen-bond donors (Lipinski definition) is 1. The van der Waals surface area contributed by atoms with E-state index in [2.05, 4.69) is 28.2 Å². The van der Waals surface area contributed by atoms with Gasteiger partial charge in [-0.1, -0.05) is 29.8 Å². The molecule has 0 saturated carbocycles. The molecule has 0 bridgehead atoms. The molecule has 1 saturated heterocycles. The summed E-state index contributed by atoms with van der Waals surface area (Å²) in [6.07, 6.45) is 5.92. The van der Waals surface area contributed by atoms with E-state index in [1.165, 1.54) is 18.2 Å². The van der Waals surface area contributed by atoms with Crippen LogP contribution in [-0.2, 0) is 4.79 Å². The van der Waals surface area contributed by atoms with E-state index in [0.717, 1.165) is 34.8 Å². The highest BCUT2D eigenvalue weighted by atomic mass is 35.5. The van der Waals surface area contributed by atoms with E-state index in [0.29, 0.717) is 0 Å². The summed E-state index contributed by atoms with van der Waals surface area (Å²) in [7, 11) is 0. The molecule has 2 heterocycles. The number of benzene rings is 2. The molecule has 2 aliphatic heterocycles. The summed E-state index contributed by atoms with van der Waals surface area (Å²) in [6.45, 7) is 2.96. The number of halogens is 2. The first kappa shape index (κ1) is 18.7. The average molecular weight is 398 g/mol. The minimum Gasteiger partial charge on any atom is -0.367 e. The number of rotatable bonds is 5. The van der Waals surface area contributed by atoms with Gasteiger partial charge in [0, 0.05) is 41.2 Å². The molecule has 2 aromatic carbocycles. The van der Waals surface area contributed by atoms with Gasteiger partial charge in [-0.25, -0.2) is 4.39 Å². The molecule has 6 heteroatoms. The van der Waals surface area contributed by atoms with Crippen LogP contribution in [0.5, 0.6) is 0 Å². The number of carbonyl (C=O) groups excluding carboxylic acids is 1. The third-order valence-electron chi connectivity index (χ3n) is 5.31. The Morgan fingerprint density at radius 3 is 2.71 bits per heavy atom. The lowest BCUT2D eigenvalue weighted by Gasteiger charge is -2.27. The standard InChI is InChI=1S/C22H21ClFN3O/c1-14-20(26-22(28)9-4-15-2-5-16(24)6-3-15)10-11-27(14)17-7-8-18(19(23)12-17)21-13-25-21/h2-9,12-14,20-21H,10-11H2,1H3,(H,26,28)/b9-4+/t14-,20+,21?/m0/s1. The van der Waals surface area contributed by atoms with Gasteiger partial charge in [0.25, 0.3) is 0 Å². The fourth-order valence-electron chi connectivity index (χ4n) is 3.61. The number of nitrogens with zero attached hydrogens (tertiary/aromatic N) is 2. The highest BCUT2D eigenvalue weighted by Crippen LogP contribution is 2.35. The van der Waals surface area contributed by atoms with Crippen molar-refractivity contribution in [2.45, 2.75) is 31.5 Å². The summed E-state index contributed by atoms with van der Waals surface area (Å²) < 4.78 is 12.9. The topological polar surface area (TPSA) is 44.7 Å². The lowest BCUT2D eigenvalue weighted by Crippen LogP contribution is -2.42. The van der Waals surface area contributed by atoms with Crippen molar-refractivity contribution in [1.29, 1.82) is 0 Å². The molecule has 28 heavy (non-hydrogen) atoms. The molecule has 4 rings (SSSR count). The van der Waals surface area contributed by atoms with Crippen molar-refractivity contribution in [3.8, 4) is 0 Å². The Labute approximate surface area is 168 Å². The lowest BCUT2D eigenvalue weighted by atomic mass is 10.1. The number of hydrogen-bond acceptors (Lipinski definition) is 3. The molecule has 1 amide bonds.